The minimum absolute atomic E-state index is 0.100. The van der Waals surface area contributed by atoms with Crippen molar-refractivity contribution in [1.29, 1.82) is 0 Å². The Morgan fingerprint density at radius 3 is 2.89 bits per heavy atom. The van der Waals surface area contributed by atoms with Crippen LogP contribution in [0.3, 0.4) is 0 Å². The Balaban J connectivity index is 2.31. The Labute approximate surface area is 103 Å². The predicted octanol–water partition coefficient (Wildman–Crippen LogP) is 0.405. The highest BCUT2D eigenvalue weighted by atomic mass is 16.5. The van der Waals surface area contributed by atoms with Crippen molar-refractivity contribution < 1.29 is 9.94 Å². The third-order valence-electron chi connectivity index (χ3n) is 2.09. The zero-order valence-corrected chi connectivity index (χ0v) is 9.90. The monoisotopic (exact) mass is 248 g/mol. The summed E-state index contributed by atoms with van der Waals surface area (Å²) in [4.78, 5) is 8.12. The number of hydrogen-bond acceptors (Lipinski definition) is 6. The number of amidine groups is 1. The van der Waals surface area contributed by atoms with Gasteiger partial charge < -0.3 is 15.7 Å². The first-order chi connectivity index (χ1) is 8.58. The standard InChI is InChI=1S/C10H12N6O2/c1-6-3-8(9(11)15-17)14-10(13-6)18-7-4-12-16(2)5-7/h3-5,17H,1-2H3,(H2,11,15). The van der Waals surface area contributed by atoms with Gasteiger partial charge in [-0.15, -0.1) is 0 Å². The van der Waals surface area contributed by atoms with Crippen LogP contribution in [0.1, 0.15) is 11.4 Å². The molecule has 18 heavy (non-hydrogen) atoms. The molecule has 94 valence electrons. The van der Waals surface area contributed by atoms with E-state index in [0.717, 1.165) is 0 Å². The average Bonchev–Trinajstić information content (AvgIpc) is 2.73. The van der Waals surface area contributed by atoms with Crippen molar-refractivity contribution in [2.75, 3.05) is 0 Å². The molecule has 0 fully saturated rings. The van der Waals surface area contributed by atoms with E-state index in [9.17, 15) is 0 Å². The van der Waals surface area contributed by atoms with Crippen molar-refractivity contribution in [3.05, 3.63) is 29.8 Å². The second-order valence-electron chi connectivity index (χ2n) is 3.61. The molecule has 8 nitrogen and oxygen atoms in total. The summed E-state index contributed by atoms with van der Waals surface area (Å²) in [7, 11) is 1.77. The molecule has 0 saturated carbocycles. The molecule has 8 heteroatoms. The normalized spacial score (nSPS) is 11.6. The highest BCUT2D eigenvalue weighted by Gasteiger charge is 2.08. The molecular weight excluding hydrogens is 236 g/mol. The molecule has 2 heterocycles. The lowest BCUT2D eigenvalue weighted by Gasteiger charge is -2.04. The van der Waals surface area contributed by atoms with E-state index in [-0.39, 0.29) is 11.8 Å². The summed E-state index contributed by atoms with van der Waals surface area (Å²) in [6.45, 7) is 1.76. The van der Waals surface area contributed by atoms with Crippen LogP contribution in [0.25, 0.3) is 0 Å². The molecule has 0 spiro atoms. The van der Waals surface area contributed by atoms with Gasteiger partial charge in [0.05, 0.1) is 12.4 Å². The van der Waals surface area contributed by atoms with Gasteiger partial charge >= 0.3 is 6.01 Å². The lowest BCUT2D eigenvalue weighted by atomic mass is 10.3. The summed E-state index contributed by atoms with van der Waals surface area (Å²) in [5, 5.41) is 15.5. The molecule has 0 unspecified atom stereocenters. The summed E-state index contributed by atoms with van der Waals surface area (Å²) >= 11 is 0. The number of ether oxygens (including phenoxy) is 1. The van der Waals surface area contributed by atoms with E-state index in [1.54, 1.807) is 30.9 Å². The lowest BCUT2D eigenvalue weighted by Crippen LogP contribution is -2.16. The van der Waals surface area contributed by atoms with Gasteiger partial charge in [0.25, 0.3) is 0 Å². The summed E-state index contributed by atoms with van der Waals surface area (Å²) < 4.78 is 7.01. The molecule has 2 rings (SSSR count). The van der Waals surface area contributed by atoms with Crippen LogP contribution in [0.15, 0.2) is 23.6 Å². The van der Waals surface area contributed by atoms with Crippen LogP contribution < -0.4 is 10.5 Å². The number of rotatable bonds is 3. The van der Waals surface area contributed by atoms with E-state index in [1.165, 1.54) is 6.20 Å². The van der Waals surface area contributed by atoms with Crippen molar-refractivity contribution in [2.45, 2.75) is 6.92 Å². The van der Waals surface area contributed by atoms with Gasteiger partial charge in [-0.05, 0) is 13.0 Å². The smallest absolute Gasteiger partial charge is 0.322 e. The van der Waals surface area contributed by atoms with Crippen LogP contribution in [0, 0.1) is 6.92 Å². The van der Waals surface area contributed by atoms with E-state index in [1.807, 2.05) is 0 Å². The highest BCUT2D eigenvalue weighted by Crippen LogP contribution is 2.16. The van der Waals surface area contributed by atoms with Crippen LogP contribution in [-0.2, 0) is 7.05 Å². The second-order valence-corrected chi connectivity index (χ2v) is 3.61. The van der Waals surface area contributed by atoms with Gasteiger partial charge in [0, 0.05) is 12.7 Å². The Morgan fingerprint density at radius 2 is 2.28 bits per heavy atom. The van der Waals surface area contributed by atoms with E-state index in [0.29, 0.717) is 17.1 Å². The van der Waals surface area contributed by atoms with Crippen LogP contribution in [0.2, 0.25) is 0 Å². The van der Waals surface area contributed by atoms with Gasteiger partial charge in [-0.3, -0.25) is 4.68 Å². The van der Waals surface area contributed by atoms with Crippen molar-refractivity contribution in [2.24, 2.45) is 17.9 Å². The molecule has 0 bridgehead atoms. The molecule has 2 aromatic rings. The SMILES string of the molecule is Cc1cc(/C(N)=N/O)nc(Oc2cnn(C)c2)n1. The Kier molecular flexibility index (Phi) is 3.09. The van der Waals surface area contributed by atoms with Crippen molar-refractivity contribution >= 4 is 5.84 Å². The molecule has 2 aromatic heterocycles. The quantitative estimate of drug-likeness (QED) is 0.352. The molecule has 0 aliphatic rings. The van der Waals surface area contributed by atoms with E-state index >= 15 is 0 Å². The average molecular weight is 248 g/mol. The van der Waals surface area contributed by atoms with Gasteiger partial charge in [-0.25, -0.2) is 4.98 Å². The molecule has 0 radical (unpaired) electrons. The highest BCUT2D eigenvalue weighted by molar-refractivity contribution is 5.95. The molecule has 0 amide bonds. The minimum atomic E-state index is -0.100. The second kappa shape index (κ2) is 4.70. The predicted molar refractivity (Wildman–Crippen MR) is 62.6 cm³/mol. The topological polar surface area (TPSA) is 111 Å². The lowest BCUT2D eigenvalue weighted by molar-refractivity contribution is 0.318. The van der Waals surface area contributed by atoms with Gasteiger partial charge in [-0.1, -0.05) is 5.16 Å². The Bertz CT molecular complexity index is 592. The van der Waals surface area contributed by atoms with Crippen molar-refractivity contribution in [3.63, 3.8) is 0 Å². The number of aromatic nitrogens is 4. The summed E-state index contributed by atoms with van der Waals surface area (Å²) in [5.41, 5.74) is 6.41. The number of hydrogen-bond donors (Lipinski definition) is 2. The van der Waals surface area contributed by atoms with Crippen LogP contribution in [0.5, 0.6) is 11.8 Å². The van der Waals surface area contributed by atoms with Crippen molar-refractivity contribution in [3.8, 4) is 11.8 Å². The zero-order chi connectivity index (χ0) is 13.1. The van der Waals surface area contributed by atoms with E-state index in [2.05, 4.69) is 20.2 Å². The third-order valence-corrected chi connectivity index (χ3v) is 2.09. The molecule has 0 aromatic carbocycles. The Hall–Kier alpha value is -2.64. The van der Waals surface area contributed by atoms with Gasteiger partial charge in [0.2, 0.25) is 0 Å². The van der Waals surface area contributed by atoms with Gasteiger partial charge in [-0.2, -0.15) is 10.1 Å². The van der Waals surface area contributed by atoms with Gasteiger partial charge in [0.1, 0.15) is 5.69 Å². The van der Waals surface area contributed by atoms with Crippen molar-refractivity contribution in [1.82, 2.24) is 19.7 Å². The number of aryl methyl sites for hydroxylation is 2. The molecule has 0 saturated heterocycles. The number of oxime groups is 1. The first-order valence-corrected chi connectivity index (χ1v) is 5.08. The zero-order valence-electron chi connectivity index (χ0n) is 9.90. The maximum absolute atomic E-state index is 8.61. The molecule has 0 aliphatic carbocycles. The largest absolute Gasteiger partial charge is 0.421 e. The first kappa shape index (κ1) is 11.8. The third kappa shape index (κ3) is 2.54. The van der Waals surface area contributed by atoms with Crippen LogP contribution in [0.4, 0.5) is 0 Å². The fourth-order valence-corrected chi connectivity index (χ4v) is 1.33. The summed E-state index contributed by atoms with van der Waals surface area (Å²) in [6.07, 6.45) is 3.21. The Morgan fingerprint density at radius 1 is 1.50 bits per heavy atom. The summed E-state index contributed by atoms with van der Waals surface area (Å²) in [5.74, 6) is 0.407. The first-order valence-electron chi connectivity index (χ1n) is 5.08. The maximum Gasteiger partial charge on any atom is 0.322 e. The molecular formula is C10H12N6O2. The van der Waals surface area contributed by atoms with E-state index in [4.69, 9.17) is 15.7 Å². The molecule has 0 atom stereocenters. The number of nitrogens with two attached hydrogens (primary N) is 1. The number of nitrogens with zero attached hydrogens (tertiary/aromatic N) is 5. The fourth-order valence-electron chi connectivity index (χ4n) is 1.33. The molecule has 0 aliphatic heterocycles. The maximum atomic E-state index is 8.61. The summed E-state index contributed by atoms with van der Waals surface area (Å²) in [6, 6.07) is 1.70. The van der Waals surface area contributed by atoms with E-state index < -0.39 is 0 Å². The minimum Gasteiger partial charge on any atom is -0.421 e. The van der Waals surface area contributed by atoms with Gasteiger partial charge in [0.15, 0.2) is 11.6 Å². The van der Waals surface area contributed by atoms with Crippen LogP contribution in [-0.4, -0.2) is 30.8 Å². The van der Waals surface area contributed by atoms with Crippen LogP contribution >= 0.6 is 0 Å². The molecule has 3 N–H and O–H groups in total. The fraction of sp³-hybridized carbons (Fsp3) is 0.200.